The summed E-state index contributed by atoms with van der Waals surface area (Å²) in [6.07, 6.45) is 3.02. The van der Waals surface area contributed by atoms with Gasteiger partial charge < -0.3 is 9.84 Å². The average Bonchev–Trinajstić information content (AvgIpc) is 2.46. The van der Waals surface area contributed by atoms with Crippen LogP contribution in [0.3, 0.4) is 0 Å². The molecule has 1 aromatic rings. The van der Waals surface area contributed by atoms with Gasteiger partial charge >= 0.3 is 5.97 Å². The molecular formula is C16H20O4. The summed E-state index contributed by atoms with van der Waals surface area (Å²) in [5.74, 6) is -1.44. The molecule has 4 heteroatoms. The highest BCUT2D eigenvalue weighted by Gasteiger charge is 2.36. The first-order valence-corrected chi connectivity index (χ1v) is 6.96. The van der Waals surface area contributed by atoms with E-state index in [1.54, 1.807) is 6.07 Å². The molecule has 0 heterocycles. The second kappa shape index (κ2) is 6.07. The highest BCUT2D eigenvalue weighted by molar-refractivity contribution is 6.02. The minimum atomic E-state index is -0.867. The summed E-state index contributed by atoms with van der Waals surface area (Å²) in [4.78, 5) is 24.0. The maximum atomic E-state index is 12.7. The van der Waals surface area contributed by atoms with Crippen molar-refractivity contribution in [2.75, 3.05) is 7.11 Å². The zero-order chi connectivity index (χ0) is 14.7. The summed E-state index contributed by atoms with van der Waals surface area (Å²) in [6, 6.07) is 5.41. The molecule has 0 radical (unpaired) electrons. The number of ether oxygens (including phenoxy) is 1. The third kappa shape index (κ3) is 2.84. The Morgan fingerprint density at radius 2 is 1.85 bits per heavy atom. The van der Waals surface area contributed by atoms with E-state index in [4.69, 9.17) is 4.74 Å². The molecule has 4 nitrogen and oxygen atoms in total. The van der Waals surface area contributed by atoms with Gasteiger partial charge in [-0.25, -0.2) is 0 Å². The number of methoxy groups -OCH3 is 1. The summed E-state index contributed by atoms with van der Waals surface area (Å²) in [5.41, 5.74) is 1.51. The lowest BCUT2D eigenvalue weighted by Gasteiger charge is -2.27. The van der Waals surface area contributed by atoms with E-state index in [9.17, 15) is 14.7 Å². The quantitative estimate of drug-likeness (QED) is 0.858. The second-order valence-electron chi connectivity index (χ2n) is 5.40. The Kier molecular flexibility index (Phi) is 4.42. The van der Waals surface area contributed by atoms with Crippen molar-refractivity contribution in [1.82, 2.24) is 0 Å². The van der Waals surface area contributed by atoms with Crippen LogP contribution in [0.5, 0.6) is 5.75 Å². The van der Waals surface area contributed by atoms with Crippen LogP contribution in [-0.4, -0.2) is 24.0 Å². The molecule has 2 rings (SSSR count). The minimum absolute atomic E-state index is 0.103. The van der Waals surface area contributed by atoms with Crippen molar-refractivity contribution >= 4 is 11.8 Å². The van der Waals surface area contributed by atoms with E-state index in [0.29, 0.717) is 24.2 Å². The molecule has 1 saturated carbocycles. The molecule has 1 fully saturated rings. The third-order valence-corrected chi connectivity index (χ3v) is 4.04. The van der Waals surface area contributed by atoms with Crippen LogP contribution in [0.25, 0.3) is 0 Å². The van der Waals surface area contributed by atoms with Gasteiger partial charge in [0.2, 0.25) is 0 Å². The summed E-state index contributed by atoms with van der Waals surface area (Å²) >= 11 is 0. The first-order valence-electron chi connectivity index (χ1n) is 6.96. The Labute approximate surface area is 118 Å². The number of hydrogen-bond acceptors (Lipinski definition) is 3. The number of benzene rings is 1. The van der Waals surface area contributed by atoms with Crippen molar-refractivity contribution in [2.24, 2.45) is 11.8 Å². The third-order valence-electron chi connectivity index (χ3n) is 4.04. The Morgan fingerprint density at radius 3 is 2.45 bits per heavy atom. The van der Waals surface area contributed by atoms with E-state index in [2.05, 4.69) is 0 Å². The van der Waals surface area contributed by atoms with Gasteiger partial charge in [-0.3, -0.25) is 9.59 Å². The maximum absolute atomic E-state index is 12.7. The summed E-state index contributed by atoms with van der Waals surface area (Å²) in [7, 11) is 1.53. The predicted molar refractivity (Wildman–Crippen MR) is 75.1 cm³/mol. The van der Waals surface area contributed by atoms with Crippen molar-refractivity contribution in [3.05, 3.63) is 29.3 Å². The number of hydrogen-bond donors (Lipinski definition) is 1. The number of carboxylic acids is 1. The molecule has 1 aliphatic rings. The van der Waals surface area contributed by atoms with Crippen LogP contribution in [-0.2, 0) is 4.79 Å². The number of ketones is 1. The van der Waals surface area contributed by atoms with E-state index in [0.717, 1.165) is 18.4 Å². The molecule has 0 bridgehead atoms. The smallest absolute Gasteiger partial charge is 0.307 e. The van der Waals surface area contributed by atoms with E-state index in [1.807, 2.05) is 19.1 Å². The topological polar surface area (TPSA) is 63.6 Å². The van der Waals surface area contributed by atoms with E-state index in [1.165, 1.54) is 7.11 Å². The molecule has 0 saturated heterocycles. The average molecular weight is 276 g/mol. The number of carbonyl (C=O) groups is 2. The molecule has 0 spiro atoms. The fraction of sp³-hybridized carbons (Fsp3) is 0.500. The number of Topliss-reactive ketones (excluding diaryl/α,β-unsaturated/α-hetero) is 1. The molecule has 20 heavy (non-hydrogen) atoms. The van der Waals surface area contributed by atoms with E-state index < -0.39 is 17.8 Å². The fourth-order valence-electron chi connectivity index (χ4n) is 2.94. The standard InChI is InChI=1S/C16H20O4/c1-10-7-8-13(14(9-10)20-2)15(17)11-5-3-4-6-12(11)16(18)19/h7-9,11-12H,3-6H2,1-2H3,(H,18,19). The summed E-state index contributed by atoms with van der Waals surface area (Å²) < 4.78 is 5.27. The van der Waals surface area contributed by atoms with Gasteiger partial charge in [0.25, 0.3) is 0 Å². The van der Waals surface area contributed by atoms with Crippen LogP contribution in [0, 0.1) is 18.8 Å². The molecule has 1 N–H and O–H groups in total. The molecule has 0 aromatic heterocycles. The zero-order valence-electron chi connectivity index (χ0n) is 11.9. The lowest BCUT2D eigenvalue weighted by Crippen LogP contribution is -2.32. The Hall–Kier alpha value is -1.84. The van der Waals surface area contributed by atoms with E-state index in [-0.39, 0.29) is 5.78 Å². The predicted octanol–water partition coefficient (Wildman–Crippen LogP) is 3.08. The van der Waals surface area contributed by atoms with Gasteiger partial charge in [-0.05, 0) is 37.5 Å². The molecule has 2 atom stereocenters. The van der Waals surface area contributed by atoms with Crippen molar-refractivity contribution in [3.63, 3.8) is 0 Å². The Bertz CT molecular complexity index is 521. The van der Waals surface area contributed by atoms with Crippen molar-refractivity contribution in [2.45, 2.75) is 32.6 Å². The van der Waals surface area contributed by atoms with Crippen molar-refractivity contribution in [1.29, 1.82) is 0 Å². The lowest BCUT2D eigenvalue weighted by atomic mass is 9.75. The number of aliphatic carboxylic acids is 1. The largest absolute Gasteiger partial charge is 0.496 e. The lowest BCUT2D eigenvalue weighted by molar-refractivity contribution is -0.144. The maximum Gasteiger partial charge on any atom is 0.307 e. The molecule has 0 amide bonds. The van der Waals surface area contributed by atoms with Gasteiger partial charge in [0.15, 0.2) is 5.78 Å². The number of rotatable bonds is 4. The fourth-order valence-corrected chi connectivity index (χ4v) is 2.94. The number of carbonyl (C=O) groups excluding carboxylic acids is 1. The van der Waals surface area contributed by atoms with Crippen LogP contribution < -0.4 is 4.74 Å². The SMILES string of the molecule is COc1cc(C)ccc1C(=O)C1CCCCC1C(=O)O. The van der Waals surface area contributed by atoms with E-state index >= 15 is 0 Å². The van der Waals surface area contributed by atoms with Gasteiger partial charge in [0.1, 0.15) is 5.75 Å². The van der Waals surface area contributed by atoms with Crippen molar-refractivity contribution in [3.8, 4) is 5.75 Å². The highest BCUT2D eigenvalue weighted by atomic mass is 16.5. The summed E-state index contributed by atoms with van der Waals surface area (Å²) in [6.45, 7) is 1.93. The molecule has 1 aliphatic carbocycles. The van der Waals surface area contributed by atoms with Gasteiger partial charge in [0, 0.05) is 5.92 Å². The second-order valence-corrected chi connectivity index (χ2v) is 5.40. The van der Waals surface area contributed by atoms with Crippen molar-refractivity contribution < 1.29 is 19.4 Å². The van der Waals surface area contributed by atoms with Gasteiger partial charge in [-0.1, -0.05) is 18.9 Å². The minimum Gasteiger partial charge on any atom is -0.496 e. The number of aryl methyl sites for hydroxylation is 1. The number of carboxylic acid groups (broad SMARTS) is 1. The van der Waals surface area contributed by atoms with Crippen LogP contribution >= 0.6 is 0 Å². The Balaban J connectivity index is 2.32. The first kappa shape index (κ1) is 14.6. The normalized spacial score (nSPS) is 22.3. The monoisotopic (exact) mass is 276 g/mol. The van der Waals surface area contributed by atoms with Gasteiger partial charge in [-0.15, -0.1) is 0 Å². The van der Waals surface area contributed by atoms with Gasteiger partial charge in [-0.2, -0.15) is 0 Å². The molecule has 2 unspecified atom stereocenters. The first-order chi connectivity index (χ1) is 9.54. The molecule has 108 valence electrons. The van der Waals surface area contributed by atoms with Crippen LogP contribution in [0.1, 0.15) is 41.6 Å². The highest BCUT2D eigenvalue weighted by Crippen LogP contribution is 2.35. The molecule has 0 aliphatic heterocycles. The van der Waals surface area contributed by atoms with Crippen LogP contribution in [0.2, 0.25) is 0 Å². The summed E-state index contributed by atoms with van der Waals surface area (Å²) in [5, 5.41) is 9.29. The van der Waals surface area contributed by atoms with Gasteiger partial charge in [0.05, 0.1) is 18.6 Å². The van der Waals surface area contributed by atoms with Crippen LogP contribution in [0.15, 0.2) is 18.2 Å². The molecular weight excluding hydrogens is 256 g/mol. The molecule has 1 aromatic carbocycles. The zero-order valence-corrected chi connectivity index (χ0v) is 11.9. The van der Waals surface area contributed by atoms with Crippen LogP contribution in [0.4, 0.5) is 0 Å². The Morgan fingerprint density at radius 1 is 1.20 bits per heavy atom.